The standard InChI is InChI=1S/C16H13F3O2/c1-2-21-16(10-6-4-3-5-7-10)15(20)11-8-9-12(17)14(19)13(11)18/h3-9,16H,2H2,1H3. The summed E-state index contributed by atoms with van der Waals surface area (Å²) in [5.74, 6) is -5.25. The zero-order valence-electron chi connectivity index (χ0n) is 11.3. The Bertz CT molecular complexity index is 641. The van der Waals surface area contributed by atoms with Crippen LogP contribution in [0.1, 0.15) is 28.9 Å². The average molecular weight is 294 g/mol. The highest BCUT2D eigenvalue weighted by atomic mass is 19.2. The van der Waals surface area contributed by atoms with Crippen LogP contribution in [0.15, 0.2) is 42.5 Å². The maximum atomic E-state index is 13.7. The summed E-state index contributed by atoms with van der Waals surface area (Å²) in [6.07, 6.45) is -1.06. The molecule has 0 heterocycles. The van der Waals surface area contributed by atoms with Crippen molar-refractivity contribution in [2.24, 2.45) is 0 Å². The van der Waals surface area contributed by atoms with E-state index in [9.17, 15) is 18.0 Å². The zero-order valence-corrected chi connectivity index (χ0v) is 11.3. The van der Waals surface area contributed by atoms with Crippen LogP contribution in [-0.2, 0) is 4.74 Å². The summed E-state index contributed by atoms with van der Waals surface area (Å²) in [4.78, 5) is 12.4. The van der Waals surface area contributed by atoms with E-state index in [-0.39, 0.29) is 6.61 Å². The molecule has 0 N–H and O–H groups in total. The first kappa shape index (κ1) is 15.3. The van der Waals surface area contributed by atoms with Crippen LogP contribution in [0, 0.1) is 17.5 Å². The molecule has 5 heteroatoms. The lowest BCUT2D eigenvalue weighted by atomic mass is 9.99. The molecule has 21 heavy (non-hydrogen) atoms. The topological polar surface area (TPSA) is 26.3 Å². The predicted molar refractivity (Wildman–Crippen MR) is 71.5 cm³/mol. The first-order valence-corrected chi connectivity index (χ1v) is 6.40. The Labute approximate surface area is 120 Å². The molecule has 0 aliphatic heterocycles. The molecule has 0 saturated heterocycles. The Hall–Kier alpha value is -2.14. The van der Waals surface area contributed by atoms with Gasteiger partial charge in [0.15, 0.2) is 23.2 Å². The molecule has 0 radical (unpaired) electrons. The Morgan fingerprint density at radius 1 is 1.05 bits per heavy atom. The van der Waals surface area contributed by atoms with Crippen molar-refractivity contribution in [2.45, 2.75) is 13.0 Å². The van der Waals surface area contributed by atoms with Gasteiger partial charge in [0.1, 0.15) is 6.10 Å². The largest absolute Gasteiger partial charge is 0.366 e. The molecular formula is C16H13F3O2. The molecule has 0 amide bonds. The Morgan fingerprint density at radius 2 is 1.71 bits per heavy atom. The number of ether oxygens (including phenoxy) is 1. The molecule has 2 nitrogen and oxygen atoms in total. The van der Waals surface area contributed by atoms with Crippen LogP contribution in [0.2, 0.25) is 0 Å². The number of benzene rings is 2. The molecule has 0 aliphatic carbocycles. The van der Waals surface area contributed by atoms with Crippen LogP contribution in [-0.4, -0.2) is 12.4 Å². The van der Waals surface area contributed by atoms with Crippen LogP contribution in [0.5, 0.6) is 0 Å². The fourth-order valence-electron chi connectivity index (χ4n) is 1.98. The zero-order chi connectivity index (χ0) is 15.4. The van der Waals surface area contributed by atoms with Crippen LogP contribution in [0.25, 0.3) is 0 Å². The van der Waals surface area contributed by atoms with Crippen molar-refractivity contribution in [3.8, 4) is 0 Å². The van der Waals surface area contributed by atoms with Gasteiger partial charge in [0.05, 0.1) is 5.56 Å². The summed E-state index contributed by atoms with van der Waals surface area (Å²) in [6, 6.07) is 10.1. The SMILES string of the molecule is CCOC(C(=O)c1ccc(F)c(F)c1F)c1ccccc1. The number of Topliss-reactive ketones (excluding diaryl/α,β-unsaturated/α-hetero) is 1. The maximum Gasteiger partial charge on any atom is 0.199 e. The second-order valence-corrected chi connectivity index (χ2v) is 4.33. The first-order valence-electron chi connectivity index (χ1n) is 6.40. The third-order valence-corrected chi connectivity index (χ3v) is 2.97. The van der Waals surface area contributed by atoms with E-state index in [1.165, 1.54) is 0 Å². The molecule has 1 unspecified atom stereocenters. The van der Waals surface area contributed by atoms with E-state index in [4.69, 9.17) is 4.74 Å². The minimum absolute atomic E-state index is 0.219. The molecule has 0 fully saturated rings. The summed E-state index contributed by atoms with van der Waals surface area (Å²) in [6.45, 7) is 1.90. The van der Waals surface area contributed by atoms with E-state index in [2.05, 4.69) is 0 Å². The van der Waals surface area contributed by atoms with E-state index < -0.39 is 34.9 Å². The van der Waals surface area contributed by atoms with Gasteiger partial charge in [-0.05, 0) is 24.6 Å². The molecule has 2 aromatic carbocycles. The van der Waals surface area contributed by atoms with Gasteiger partial charge in [-0.1, -0.05) is 30.3 Å². The second kappa shape index (κ2) is 6.54. The van der Waals surface area contributed by atoms with Crippen molar-refractivity contribution < 1.29 is 22.7 Å². The number of ketones is 1. The van der Waals surface area contributed by atoms with Gasteiger partial charge in [0, 0.05) is 6.61 Å². The molecule has 0 aromatic heterocycles. The smallest absolute Gasteiger partial charge is 0.199 e. The highest BCUT2D eigenvalue weighted by molar-refractivity contribution is 6.00. The van der Waals surface area contributed by atoms with Gasteiger partial charge in [0.25, 0.3) is 0 Å². The number of hydrogen-bond donors (Lipinski definition) is 0. The van der Waals surface area contributed by atoms with Gasteiger partial charge >= 0.3 is 0 Å². The fourth-order valence-corrected chi connectivity index (χ4v) is 1.98. The quantitative estimate of drug-likeness (QED) is 0.614. The van der Waals surface area contributed by atoms with Gasteiger partial charge in [-0.3, -0.25) is 4.79 Å². The third-order valence-electron chi connectivity index (χ3n) is 2.97. The molecule has 0 spiro atoms. The van der Waals surface area contributed by atoms with E-state index in [1.807, 2.05) is 0 Å². The van der Waals surface area contributed by atoms with Crippen LogP contribution in [0.3, 0.4) is 0 Å². The summed E-state index contributed by atoms with van der Waals surface area (Å²) in [5, 5.41) is 0. The summed E-state index contributed by atoms with van der Waals surface area (Å²) in [7, 11) is 0. The molecule has 0 aliphatic rings. The molecule has 0 saturated carbocycles. The maximum absolute atomic E-state index is 13.7. The van der Waals surface area contributed by atoms with Gasteiger partial charge in [-0.25, -0.2) is 13.2 Å². The van der Waals surface area contributed by atoms with E-state index in [0.29, 0.717) is 5.56 Å². The summed E-state index contributed by atoms with van der Waals surface area (Å²) >= 11 is 0. The second-order valence-electron chi connectivity index (χ2n) is 4.33. The number of rotatable bonds is 5. The number of carbonyl (C=O) groups is 1. The van der Waals surface area contributed by atoms with Crippen LogP contribution < -0.4 is 0 Å². The number of hydrogen-bond acceptors (Lipinski definition) is 2. The average Bonchev–Trinajstić information content (AvgIpc) is 2.51. The first-order chi connectivity index (χ1) is 10.1. The molecule has 2 aromatic rings. The predicted octanol–water partition coefficient (Wildman–Crippen LogP) is 4.06. The van der Waals surface area contributed by atoms with Crippen LogP contribution in [0.4, 0.5) is 13.2 Å². The minimum Gasteiger partial charge on any atom is -0.366 e. The third kappa shape index (κ3) is 3.13. The molecule has 110 valence electrons. The molecule has 2 rings (SSSR count). The van der Waals surface area contributed by atoms with Crippen molar-refractivity contribution in [1.82, 2.24) is 0 Å². The minimum atomic E-state index is -1.66. The molecular weight excluding hydrogens is 281 g/mol. The number of halogens is 3. The Morgan fingerprint density at radius 3 is 2.33 bits per heavy atom. The normalized spacial score (nSPS) is 12.2. The highest BCUT2D eigenvalue weighted by Gasteiger charge is 2.27. The monoisotopic (exact) mass is 294 g/mol. The lowest BCUT2D eigenvalue weighted by Crippen LogP contribution is -2.18. The summed E-state index contributed by atoms with van der Waals surface area (Å²) < 4.78 is 45.3. The van der Waals surface area contributed by atoms with E-state index in [0.717, 1.165) is 12.1 Å². The lowest BCUT2D eigenvalue weighted by Gasteiger charge is -2.17. The van der Waals surface area contributed by atoms with E-state index >= 15 is 0 Å². The summed E-state index contributed by atoms with van der Waals surface area (Å²) in [5.41, 5.74) is -0.00955. The van der Waals surface area contributed by atoms with Crippen molar-refractivity contribution in [3.63, 3.8) is 0 Å². The molecule has 1 atom stereocenters. The molecule has 0 bridgehead atoms. The van der Waals surface area contributed by atoms with E-state index in [1.54, 1.807) is 37.3 Å². The van der Waals surface area contributed by atoms with Crippen molar-refractivity contribution in [3.05, 3.63) is 71.0 Å². The lowest BCUT2D eigenvalue weighted by molar-refractivity contribution is 0.0448. The van der Waals surface area contributed by atoms with Gasteiger partial charge in [-0.2, -0.15) is 0 Å². The van der Waals surface area contributed by atoms with Crippen LogP contribution >= 0.6 is 0 Å². The van der Waals surface area contributed by atoms with Gasteiger partial charge in [-0.15, -0.1) is 0 Å². The fraction of sp³-hybridized carbons (Fsp3) is 0.188. The highest BCUT2D eigenvalue weighted by Crippen LogP contribution is 2.25. The van der Waals surface area contributed by atoms with Crippen molar-refractivity contribution in [2.75, 3.05) is 6.61 Å². The Balaban J connectivity index is 2.42. The van der Waals surface area contributed by atoms with Gasteiger partial charge < -0.3 is 4.74 Å². The Kier molecular flexibility index (Phi) is 4.75. The van der Waals surface area contributed by atoms with Crippen molar-refractivity contribution in [1.29, 1.82) is 0 Å². The van der Waals surface area contributed by atoms with Gasteiger partial charge in [0.2, 0.25) is 0 Å². The van der Waals surface area contributed by atoms with Crippen molar-refractivity contribution >= 4 is 5.78 Å². The number of carbonyl (C=O) groups excluding carboxylic acids is 1.